The second-order valence-corrected chi connectivity index (χ2v) is 6.93. The standard InChI is InChI=1S/C18H18N6/c19-9-23-7-12(8-24-11-20-10-22-24)4-15-14-2-1-3-16-18(14)13(6-21-16)5-17(15)23/h1-3,6,10-12,15,17,21H,4-5,7-8H2/t12-,15-,17-/m1/s1. The number of hydrogen-bond acceptors (Lipinski definition) is 4. The van der Waals surface area contributed by atoms with Crippen LogP contribution in [-0.4, -0.2) is 37.2 Å². The monoisotopic (exact) mass is 318 g/mol. The van der Waals surface area contributed by atoms with E-state index in [1.165, 1.54) is 22.0 Å². The van der Waals surface area contributed by atoms with E-state index in [2.05, 4.69) is 45.7 Å². The first-order valence-electron chi connectivity index (χ1n) is 8.41. The van der Waals surface area contributed by atoms with Gasteiger partial charge in [-0.05, 0) is 36.0 Å². The molecule has 0 saturated carbocycles. The molecule has 0 radical (unpaired) electrons. The summed E-state index contributed by atoms with van der Waals surface area (Å²) in [6, 6.07) is 6.78. The number of hydrogen-bond donors (Lipinski definition) is 1. The van der Waals surface area contributed by atoms with Crippen molar-refractivity contribution < 1.29 is 0 Å². The lowest BCUT2D eigenvalue weighted by Gasteiger charge is -2.44. The smallest absolute Gasteiger partial charge is 0.179 e. The van der Waals surface area contributed by atoms with E-state index in [0.717, 1.165) is 25.9 Å². The van der Waals surface area contributed by atoms with Gasteiger partial charge in [0.05, 0.1) is 6.04 Å². The second-order valence-electron chi connectivity index (χ2n) is 6.93. The molecule has 120 valence electrons. The van der Waals surface area contributed by atoms with Crippen molar-refractivity contribution in [3.8, 4) is 6.19 Å². The van der Waals surface area contributed by atoms with Gasteiger partial charge < -0.3 is 9.88 Å². The maximum absolute atomic E-state index is 9.70. The normalized spacial score (nSPS) is 25.5. The molecule has 1 saturated heterocycles. The molecule has 1 fully saturated rings. The summed E-state index contributed by atoms with van der Waals surface area (Å²) in [5.74, 6) is 0.808. The summed E-state index contributed by atoms with van der Waals surface area (Å²) in [5.41, 5.74) is 3.95. The van der Waals surface area contributed by atoms with Crippen molar-refractivity contribution in [1.29, 1.82) is 5.26 Å². The highest BCUT2D eigenvalue weighted by atomic mass is 15.3. The number of fused-ring (bicyclic) bond motifs is 2. The zero-order valence-corrected chi connectivity index (χ0v) is 13.3. The molecule has 2 aliphatic rings. The Morgan fingerprint density at radius 2 is 2.33 bits per heavy atom. The number of piperidine rings is 1. The highest BCUT2D eigenvalue weighted by Gasteiger charge is 2.40. The number of rotatable bonds is 2. The molecule has 1 N–H and O–H groups in total. The summed E-state index contributed by atoms with van der Waals surface area (Å²) in [6.45, 7) is 1.62. The number of nitriles is 1. The molecule has 0 bridgehead atoms. The predicted molar refractivity (Wildman–Crippen MR) is 89.0 cm³/mol. The maximum atomic E-state index is 9.70. The van der Waals surface area contributed by atoms with Crippen LogP contribution < -0.4 is 0 Å². The first kappa shape index (κ1) is 13.6. The Hall–Kier alpha value is -2.81. The van der Waals surface area contributed by atoms with Gasteiger partial charge in [0, 0.05) is 36.1 Å². The molecule has 24 heavy (non-hydrogen) atoms. The summed E-state index contributed by atoms with van der Waals surface area (Å²) < 4.78 is 1.88. The maximum Gasteiger partial charge on any atom is 0.179 e. The van der Waals surface area contributed by atoms with Gasteiger partial charge in [-0.1, -0.05) is 12.1 Å². The van der Waals surface area contributed by atoms with E-state index in [1.54, 1.807) is 12.7 Å². The molecule has 3 aromatic rings. The van der Waals surface area contributed by atoms with Crippen molar-refractivity contribution in [3.05, 3.63) is 48.2 Å². The fraction of sp³-hybridized carbons (Fsp3) is 0.389. The minimum Gasteiger partial charge on any atom is -0.361 e. The summed E-state index contributed by atoms with van der Waals surface area (Å²) in [6.07, 6.45) is 9.93. The molecule has 0 spiro atoms. The molecule has 0 unspecified atom stereocenters. The van der Waals surface area contributed by atoms with Crippen molar-refractivity contribution in [2.75, 3.05) is 6.54 Å². The first-order valence-corrected chi connectivity index (χ1v) is 8.41. The number of nitrogens with zero attached hydrogens (tertiary/aromatic N) is 5. The van der Waals surface area contributed by atoms with Crippen LogP contribution in [0.5, 0.6) is 0 Å². The zero-order valence-electron chi connectivity index (χ0n) is 13.3. The van der Waals surface area contributed by atoms with Crippen molar-refractivity contribution in [2.45, 2.75) is 31.3 Å². The second kappa shape index (κ2) is 5.10. The van der Waals surface area contributed by atoms with Gasteiger partial charge in [0.25, 0.3) is 0 Å². The Kier molecular flexibility index (Phi) is 2.89. The quantitative estimate of drug-likeness (QED) is 0.736. The molecule has 6 heteroatoms. The zero-order chi connectivity index (χ0) is 16.1. The van der Waals surface area contributed by atoms with Gasteiger partial charge in [-0.15, -0.1) is 0 Å². The lowest BCUT2D eigenvalue weighted by molar-refractivity contribution is 0.128. The first-order chi connectivity index (χ1) is 11.8. The lowest BCUT2D eigenvalue weighted by atomic mass is 9.72. The minimum atomic E-state index is 0.274. The van der Waals surface area contributed by atoms with Crippen molar-refractivity contribution in [3.63, 3.8) is 0 Å². The molecule has 5 rings (SSSR count). The molecular weight excluding hydrogens is 300 g/mol. The van der Waals surface area contributed by atoms with E-state index >= 15 is 0 Å². The average Bonchev–Trinajstić information content (AvgIpc) is 3.26. The van der Waals surface area contributed by atoms with Crippen LogP contribution in [0.2, 0.25) is 0 Å². The van der Waals surface area contributed by atoms with Crippen molar-refractivity contribution >= 4 is 10.9 Å². The van der Waals surface area contributed by atoms with Crippen LogP contribution in [0.1, 0.15) is 23.5 Å². The Morgan fingerprint density at radius 3 is 3.17 bits per heavy atom. The van der Waals surface area contributed by atoms with Crippen LogP contribution in [0.15, 0.2) is 37.1 Å². The Labute approximate surface area is 139 Å². The van der Waals surface area contributed by atoms with Gasteiger partial charge in [-0.3, -0.25) is 4.68 Å². The third-order valence-corrected chi connectivity index (χ3v) is 5.60. The number of benzene rings is 1. The van der Waals surface area contributed by atoms with Gasteiger partial charge in [0.1, 0.15) is 12.7 Å². The highest BCUT2D eigenvalue weighted by Crippen LogP contribution is 2.44. The van der Waals surface area contributed by atoms with Crippen LogP contribution in [0, 0.1) is 17.4 Å². The molecule has 2 aromatic heterocycles. The minimum absolute atomic E-state index is 0.274. The van der Waals surface area contributed by atoms with E-state index in [1.807, 2.05) is 9.58 Å². The van der Waals surface area contributed by atoms with Crippen LogP contribution in [0.3, 0.4) is 0 Å². The SMILES string of the molecule is N#CN1C[C@H](Cn2cncn2)C[C@@H]2c3cccc4[nH]cc(c34)C[C@H]21. The molecule has 0 amide bonds. The van der Waals surface area contributed by atoms with Crippen LogP contribution in [0.4, 0.5) is 0 Å². The number of aromatic amines is 1. The summed E-state index contributed by atoms with van der Waals surface area (Å²) in [7, 11) is 0. The van der Waals surface area contributed by atoms with Gasteiger partial charge in [-0.2, -0.15) is 10.4 Å². The predicted octanol–water partition coefficient (Wildman–Crippen LogP) is 2.27. The molecule has 3 atom stereocenters. The Balaban J connectivity index is 1.54. The van der Waals surface area contributed by atoms with E-state index in [-0.39, 0.29) is 6.04 Å². The van der Waals surface area contributed by atoms with Gasteiger partial charge in [0.15, 0.2) is 6.19 Å². The third kappa shape index (κ3) is 1.94. The summed E-state index contributed by atoms with van der Waals surface area (Å²) in [5, 5.41) is 15.3. The Morgan fingerprint density at radius 1 is 1.38 bits per heavy atom. The van der Waals surface area contributed by atoms with Gasteiger partial charge in [0.2, 0.25) is 0 Å². The van der Waals surface area contributed by atoms with Crippen molar-refractivity contribution in [1.82, 2.24) is 24.6 Å². The highest BCUT2D eigenvalue weighted by molar-refractivity contribution is 5.88. The number of likely N-dealkylation sites (tertiary alicyclic amines) is 1. The van der Waals surface area contributed by atoms with Crippen LogP contribution in [0.25, 0.3) is 10.9 Å². The molecule has 1 aliphatic heterocycles. The van der Waals surface area contributed by atoms with E-state index in [9.17, 15) is 5.26 Å². The largest absolute Gasteiger partial charge is 0.361 e. The lowest BCUT2D eigenvalue weighted by Crippen LogP contribution is -2.48. The van der Waals surface area contributed by atoms with E-state index in [0.29, 0.717) is 11.8 Å². The molecule has 1 aliphatic carbocycles. The number of H-pyrrole nitrogens is 1. The molecular formula is C18H18N6. The van der Waals surface area contributed by atoms with Gasteiger partial charge in [-0.25, -0.2) is 4.98 Å². The third-order valence-electron chi connectivity index (χ3n) is 5.60. The molecule has 6 nitrogen and oxygen atoms in total. The van der Waals surface area contributed by atoms with E-state index in [4.69, 9.17) is 0 Å². The topological polar surface area (TPSA) is 73.5 Å². The summed E-state index contributed by atoms with van der Waals surface area (Å²) >= 11 is 0. The Bertz CT molecular complexity index is 919. The fourth-order valence-corrected chi connectivity index (χ4v) is 4.63. The van der Waals surface area contributed by atoms with Crippen LogP contribution in [-0.2, 0) is 13.0 Å². The fourth-order valence-electron chi connectivity index (χ4n) is 4.63. The number of nitrogens with one attached hydrogen (secondary N) is 1. The van der Waals surface area contributed by atoms with Crippen molar-refractivity contribution in [2.24, 2.45) is 5.92 Å². The molecule has 1 aromatic carbocycles. The van der Waals surface area contributed by atoms with Gasteiger partial charge >= 0.3 is 0 Å². The van der Waals surface area contributed by atoms with E-state index < -0.39 is 0 Å². The van der Waals surface area contributed by atoms with Crippen LogP contribution >= 0.6 is 0 Å². The summed E-state index contributed by atoms with van der Waals surface area (Å²) in [4.78, 5) is 9.41. The average molecular weight is 318 g/mol. The molecule has 3 heterocycles. The number of aromatic nitrogens is 4.